The molecule has 6 aromatic rings. The number of fused-ring (bicyclic) bond motifs is 3. The third kappa shape index (κ3) is 4.64. The second-order valence-corrected chi connectivity index (χ2v) is 9.77. The van der Waals surface area contributed by atoms with Crippen molar-refractivity contribution in [3.8, 4) is 34.5 Å². The predicted octanol–water partition coefficient (Wildman–Crippen LogP) is 5.18. The molecule has 3 aromatic heterocycles. The number of ether oxygens (including phenoxy) is 2. The Morgan fingerprint density at radius 1 is 0.976 bits per heavy atom. The average molecular weight is 540 g/mol. The SMILES string of the molecule is Cn1cc(-c2ccc3c(c2)OCCO3)c2ccc(C(C#Cc3cnc4cccnn34)NC(=O)c3ccccc3)cc21. The van der Waals surface area contributed by atoms with Gasteiger partial charge in [-0.2, -0.15) is 5.10 Å². The summed E-state index contributed by atoms with van der Waals surface area (Å²) >= 11 is 0. The lowest BCUT2D eigenvalue weighted by molar-refractivity contribution is 0.0945. The first-order valence-corrected chi connectivity index (χ1v) is 13.3. The van der Waals surface area contributed by atoms with Crippen LogP contribution in [0.1, 0.15) is 27.7 Å². The maximum Gasteiger partial charge on any atom is 0.252 e. The summed E-state index contributed by atoms with van der Waals surface area (Å²) in [7, 11) is 2.01. The van der Waals surface area contributed by atoms with Gasteiger partial charge in [0, 0.05) is 41.5 Å². The van der Waals surface area contributed by atoms with Crippen molar-refractivity contribution in [3.05, 3.63) is 114 Å². The van der Waals surface area contributed by atoms with E-state index in [1.807, 2.05) is 55.6 Å². The van der Waals surface area contributed by atoms with Gasteiger partial charge in [-0.3, -0.25) is 4.79 Å². The van der Waals surface area contributed by atoms with Crippen molar-refractivity contribution < 1.29 is 14.3 Å². The molecule has 0 fully saturated rings. The van der Waals surface area contributed by atoms with Crippen molar-refractivity contribution in [2.24, 2.45) is 7.05 Å². The number of amides is 1. The molecule has 7 rings (SSSR count). The van der Waals surface area contributed by atoms with E-state index in [1.165, 1.54) is 0 Å². The van der Waals surface area contributed by atoms with E-state index in [9.17, 15) is 4.79 Å². The highest BCUT2D eigenvalue weighted by atomic mass is 16.6. The molecule has 0 saturated carbocycles. The minimum absolute atomic E-state index is 0.204. The Hall–Kier alpha value is -5.55. The van der Waals surface area contributed by atoms with Gasteiger partial charge in [0.25, 0.3) is 5.91 Å². The molecule has 0 radical (unpaired) electrons. The summed E-state index contributed by atoms with van der Waals surface area (Å²) < 4.78 is 15.3. The third-order valence-corrected chi connectivity index (χ3v) is 7.13. The van der Waals surface area contributed by atoms with E-state index >= 15 is 0 Å². The van der Waals surface area contributed by atoms with Gasteiger partial charge in [-0.1, -0.05) is 42.3 Å². The van der Waals surface area contributed by atoms with Crippen LogP contribution in [0.2, 0.25) is 0 Å². The van der Waals surface area contributed by atoms with Crippen LogP contribution in [0.15, 0.2) is 97.5 Å². The van der Waals surface area contributed by atoms with Crippen molar-refractivity contribution in [1.82, 2.24) is 24.5 Å². The molecule has 1 amide bonds. The van der Waals surface area contributed by atoms with Gasteiger partial charge in [0.2, 0.25) is 0 Å². The van der Waals surface area contributed by atoms with Crippen molar-refractivity contribution >= 4 is 22.5 Å². The predicted molar refractivity (Wildman–Crippen MR) is 156 cm³/mol. The van der Waals surface area contributed by atoms with Gasteiger partial charge in [0.15, 0.2) is 17.1 Å². The van der Waals surface area contributed by atoms with Crippen LogP contribution in [0.5, 0.6) is 11.5 Å². The fourth-order valence-corrected chi connectivity index (χ4v) is 5.09. The average Bonchev–Trinajstić information content (AvgIpc) is 3.59. The van der Waals surface area contributed by atoms with Crippen LogP contribution >= 0.6 is 0 Å². The molecule has 41 heavy (non-hydrogen) atoms. The van der Waals surface area contributed by atoms with Crippen molar-refractivity contribution in [1.29, 1.82) is 0 Å². The van der Waals surface area contributed by atoms with E-state index in [4.69, 9.17) is 9.47 Å². The lowest BCUT2D eigenvalue weighted by Gasteiger charge is -2.18. The van der Waals surface area contributed by atoms with Crippen molar-refractivity contribution in [2.45, 2.75) is 6.04 Å². The number of carbonyl (C=O) groups excluding carboxylic acids is 1. The molecule has 0 bridgehead atoms. The number of rotatable bonds is 4. The number of benzene rings is 3. The van der Waals surface area contributed by atoms with Gasteiger partial charge in [-0.05, 0) is 59.5 Å². The highest BCUT2D eigenvalue weighted by molar-refractivity contribution is 5.97. The summed E-state index contributed by atoms with van der Waals surface area (Å²) in [6, 6.07) is 24.5. The number of imidazole rings is 1. The highest BCUT2D eigenvalue weighted by Crippen LogP contribution is 2.38. The number of hydrogen-bond acceptors (Lipinski definition) is 5. The molecule has 200 valence electrons. The summed E-state index contributed by atoms with van der Waals surface area (Å²) in [5.74, 6) is 7.76. The molecule has 8 nitrogen and oxygen atoms in total. The molecule has 1 unspecified atom stereocenters. The smallest absolute Gasteiger partial charge is 0.252 e. The first-order valence-electron chi connectivity index (χ1n) is 13.3. The Morgan fingerprint density at radius 2 is 1.83 bits per heavy atom. The van der Waals surface area contributed by atoms with Crippen molar-refractivity contribution in [2.75, 3.05) is 13.2 Å². The van der Waals surface area contributed by atoms with Gasteiger partial charge < -0.3 is 19.4 Å². The van der Waals surface area contributed by atoms with Gasteiger partial charge >= 0.3 is 0 Å². The van der Waals surface area contributed by atoms with E-state index in [2.05, 4.69) is 56.2 Å². The topological polar surface area (TPSA) is 82.7 Å². The van der Waals surface area contributed by atoms with E-state index in [1.54, 1.807) is 29.0 Å². The van der Waals surface area contributed by atoms with Crippen molar-refractivity contribution in [3.63, 3.8) is 0 Å². The van der Waals surface area contributed by atoms with E-state index in [0.717, 1.165) is 39.1 Å². The molecule has 0 aliphatic carbocycles. The fraction of sp³-hybridized carbons (Fsp3) is 0.121. The Labute approximate surface area is 236 Å². The normalized spacial score (nSPS) is 13.0. The first-order chi connectivity index (χ1) is 20.1. The second-order valence-electron chi connectivity index (χ2n) is 9.77. The van der Waals surface area contributed by atoms with E-state index in [-0.39, 0.29) is 5.91 Å². The monoisotopic (exact) mass is 539 g/mol. The van der Waals surface area contributed by atoms with Crippen LogP contribution in [0.4, 0.5) is 0 Å². The molecule has 1 atom stereocenters. The highest BCUT2D eigenvalue weighted by Gasteiger charge is 2.18. The number of carbonyl (C=O) groups is 1. The number of nitrogens with zero attached hydrogens (tertiary/aromatic N) is 4. The summed E-state index contributed by atoms with van der Waals surface area (Å²) in [4.78, 5) is 17.6. The van der Waals surface area contributed by atoms with Gasteiger partial charge in [0.1, 0.15) is 24.9 Å². The number of hydrogen-bond donors (Lipinski definition) is 1. The number of aromatic nitrogens is 4. The molecule has 1 N–H and O–H groups in total. The van der Waals surface area contributed by atoms with Gasteiger partial charge in [0.05, 0.1) is 6.20 Å². The molecular weight excluding hydrogens is 514 g/mol. The van der Waals surface area contributed by atoms with Gasteiger partial charge in [-0.25, -0.2) is 9.50 Å². The fourth-order valence-electron chi connectivity index (χ4n) is 5.09. The molecule has 0 saturated heterocycles. The molecule has 3 aromatic carbocycles. The summed E-state index contributed by atoms with van der Waals surface area (Å²) in [6.45, 7) is 1.10. The first kappa shape index (κ1) is 24.5. The largest absolute Gasteiger partial charge is 0.486 e. The number of nitrogens with one attached hydrogen (secondary N) is 1. The minimum atomic E-state index is -0.575. The lowest BCUT2D eigenvalue weighted by atomic mass is 10.0. The zero-order valence-corrected chi connectivity index (χ0v) is 22.2. The number of aryl methyl sites for hydroxylation is 1. The molecule has 8 heteroatoms. The molecule has 1 aliphatic rings. The standard InChI is InChI=1S/C33H25N5O3/c1-37-21-27(23-10-14-30-31(19-23)41-17-16-40-30)26-12-9-24(18-29(26)37)28(36-33(39)22-6-3-2-4-7-22)13-11-25-20-34-32-8-5-15-35-38(25)32/h2-10,12,14-15,18-21,28H,16-17H2,1H3,(H,36,39). The summed E-state index contributed by atoms with van der Waals surface area (Å²) in [5, 5.41) is 8.55. The van der Waals surface area contributed by atoms with Gasteiger partial charge in [-0.15, -0.1) is 0 Å². The van der Waals surface area contributed by atoms with Crippen LogP contribution in [0.25, 0.3) is 27.7 Å². The van der Waals surface area contributed by atoms with Crippen LogP contribution < -0.4 is 14.8 Å². The Balaban J connectivity index is 1.28. The molecular formula is C33H25N5O3. The zero-order chi connectivity index (χ0) is 27.8. The zero-order valence-electron chi connectivity index (χ0n) is 22.2. The second kappa shape index (κ2) is 10.2. The Kier molecular flexibility index (Phi) is 6.10. The summed E-state index contributed by atoms with van der Waals surface area (Å²) in [6.07, 6.45) is 5.48. The quantitative estimate of drug-likeness (QED) is 0.312. The molecule has 4 heterocycles. The van der Waals surface area contributed by atoms with Crippen LogP contribution in [0.3, 0.4) is 0 Å². The Bertz CT molecular complexity index is 1980. The summed E-state index contributed by atoms with van der Waals surface area (Å²) in [5.41, 5.74) is 5.92. The lowest BCUT2D eigenvalue weighted by Crippen LogP contribution is -2.27. The van der Waals surface area contributed by atoms with Crippen LogP contribution in [0, 0.1) is 11.8 Å². The third-order valence-electron chi connectivity index (χ3n) is 7.13. The minimum Gasteiger partial charge on any atom is -0.486 e. The van der Waals surface area contributed by atoms with Crippen LogP contribution in [-0.4, -0.2) is 38.3 Å². The molecule has 1 aliphatic heterocycles. The maximum atomic E-state index is 13.2. The van der Waals surface area contributed by atoms with E-state index < -0.39 is 6.04 Å². The van der Waals surface area contributed by atoms with Crippen LogP contribution in [-0.2, 0) is 7.05 Å². The van der Waals surface area contributed by atoms with E-state index in [0.29, 0.717) is 30.1 Å². The Morgan fingerprint density at radius 3 is 2.71 bits per heavy atom. The molecule has 0 spiro atoms. The maximum absolute atomic E-state index is 13.2.